The Morgan fingerprint density at radius 1 is 1.57 bits per heavy atom. The first-order valence-electron chi connectivity index (χ1n) is 3.73. The Balaban J connectivity index is 2.61. The van der Waals surface area contributed by atoms with Gasteiger partial charge in [-0.1, -0.05) is 0 Å². The lowest BCUT2D eigenvalue weighted by Gasteiger charge is -2.03. The van der Waals surface area contributed by atoms with E-state index in [2.05, 4.69) is 9.97 Å². The SMILES string of the molecule is Nc1cncc(C(=O)NCC(F)F)n1. The van der Waals surface area contributed by atoms with Gasteiger partial charge in [-0.25, -0.2) is 13.8 Å². The van der Waals surface area contributed by atoms with Gasteiger partial charge in [0.25, 0.3) is 12.3 Å². The highest BCUT2D eigenvalue weighted by Gasteiger charge is 2.10. The fraction of sp³-hybridized carbons (Fsp3) is 0.286. The summed E-state index contributed by atoms with van der Waals surface area (Å²) in [5, 5.41) is 1.98. The van der Waals surface area contributed by atoms with Crippen LogP contribution in [0.3, 0.4) is 0 Å². The average Bonchev–Trinajstić information content (AvgIpc) is 2.14. The van der Waals surface area contributed by atoms with Crippen LogP contribution < -0.4 is 11.1 Å². The molecule has 76 valence electrons. The number of nitrogens with one attached hydrogen (secondary N) is 1. The van der Waals surface area contributed by atoms with E-state index >= 15 is 0 Å². The molecule has 0 aliphatic carbocycles. The summed E-state index contributed by atoms with van der Waals surface area (Å²) in [7, 11) is 0. The first kappa shape index (κ1) is 10.3. The molecule has 0 aliphatic rings. The summed E-state index contributed by atoms with van der Waals surface area (Å²) in [6.07, 6.45) is -0.186. The van der Waals surface area contributed by atoms with Gasteiger partial charge in [-0.05, 0) is 0 Å². The largest absolute Gasteiger partial charge is 0.382 e. The Bertz CT molecular complexity index is 331. The maximum Gasteiger partial charge on any atom is 0.271 e. The van der Waals surface area contributed by atoms with Crippen LogP contribution in [0.5, 0.6) is 0 Å². The van der Waals surface area contributed by atoms with Gasteiger partial charge in [0.15, 0.2) is 0 Å². The number of rotatable bonds is 3. The van der Waals surface area contributed by atoms with Crippen LogP contribution in [0.1, 0.15) is 10.5 Å². The molecule has 0 saturated carbocycles. The summed E-state index contributed by atoms with van der Waals surface area (Å²) in [4.78, 5) is 18.3. The number of alkyl halides is 2. The number of nitrogen functional groups attached to an aromatic ring is 1. The molecule has 0 atom stereocenters. The van der Waals surface area contributed by atoms with Gasteiger partial charge >= 0.3 is 0 Å². The molecule has 0 unspecified atom stereocenters. The number of hydrogen-bond acceptors (Lipinski definition) is 4. The molecule has 1 heterocycles. The van der Waals surface area contributed by atoms with Crippen LogP contribution in [-0.2, 0) is 0 Å². The van der Waals surface area contributed by atoms with Crippen molar-refractivity contribution >= 4 is 11.7 Å². The molecule has 0 fully saturated rings. The predicted molar refractivity (Wildman–Crippen MR) is 44.8 cm³/mol. The molecule has 1 amide bonds. The van der Waals surface area contributed by atoms with Crippen molar-refractivity contribution in [3.05, 3.63) is 18.1 Å². The van der Waals surface area contributed by atoms with Crippen LogP contribution in [-0.4, -0.2) is 28.8 Å². The van der Waals surface area contributed by atoms with Crippen molar-refractivity contribution in [2.24, 2.45) is 0 Å². The zero-order valence-electron chi connectivity index (χ0n) is 7.08. The number of aromatic nitrogens is 2. The van der Waals surface area contributed by atoms with Gasteiger partial charge < -0.3 is 11.1 Å². The maximum atomic E-state index is 11.7. The molecule has 7 heteroatoms. The van der Waals surface area contributed by atoms with Gasteiger partial charge in [-0.2, -0.15) is 0 Å². The highest BCUT2D eigenvalue weighted by atomic mass is 19.3. The van der Waals surface area contributed by atoms with E-state index in [1.807, 2.05) is 5.32 Å². The summed E-state index contributed by atoms with van der Waals surface area (Å²) < 4.78 is 23.4. The van der Waals surface area contributed by atoms with Crippen LogP contribution in [0.2, 0.25) is 0 Å². The zero-order valence-corrected chi connectivity index (χ0v) is 7.08. The molecule has 1 aromatic rings. The monoisotopic (exact) mass is 202 g/mol. The first-order valence-corrected chi connectivity index (χ1v) is 3.73. The normalized spacial score (nSPS) is 10.2. The second kappa shape index (κ2) is 4.45. The minimum atomic E-state index is -2.59. The highest BCUT2D eigenvalue weighted by molar-refractivity contribution is 5.92. The predicted octanol–water partition coefficient (Wildman–Crippen LogP) is 0.0537. The molecule has 0 bridgehead atoms. The van der Waals surface area contributed by atoms with Gasteiger partial charge in [0.1, 0.15) is 11.5 Å². The van der Waals surface area contributed by atoms with Crippen LogP contribution in [0.25, 0.3) is 0 Å². The average molecular weight is 202 g/mol. The molecule has 0 saturated heterocycles. The summed E-state index contributed by atoms with van der Waals surface area (Å²) in [6, 6.07) is 0. The van der Waals surface area contributed by atoms with E-state index in [1.165, 1.54) is 6.20 Å². The molecule has 0 radical (unpaired) electrons. The van der Waals surface area contributed by atoms with E-state index in [9.17, 15) is 13.6 Å². The third-order valence-corrected chi connectivity index (χ3v) is 1.30. The number of nitrogens with zero attached hydrogens (tertiary/aromatic N) is 2. The minimum Gasteiger partial charge on any atom is -0.382 e. The Hall–Kier alpha value is -1.79. The molecule has 14 heavy (non-hydrogen) atoms. The van der Waals surface area contributed by atoms with Gasteiger partial charge in [0.05, 0.1) is 18.9 Å². The van der Waals surface area contributed by atoms with Crippen LogP contribution in [0, 0.1) is 0 Å². The summed E-state index contributed by atoms with van der Waals surface area (Å²) in [5.74, 6) is -0.653. The third-order valence-electron chi connectivity index (χ3n) is 1.30. The Labute approximate surface area is 78.3 Å². The molecule has 1 aromatic heterocycles. The number of carbonyl (C=O) groups is 1. The van der Waals surface area contributed by atoms with Gasteiger partial charge in [-0.15, -0.1) is 0 Å². The van der Waals surface area contributed by atoms with E-state index < -0.39 is 18.9 Å². The van der Waals surface area contributed by atoms with Crippen molar-refractivity contribution in [3.8, 4) is 0 Å². The van der Waals surface area contributed by atoms with Crippen molar-refractivity contribution in [1.82, 2.24) is 15.3 Å². The number of nitrogens with two attached hydrogens (primary N) is 1. The number of halogens is 2. The number of anilines is 1. The van der Waals surface area contributed by atoms with Crippen LogP contribution >= 0.6 is 0 Å². The molecule has 5 nitrogen and oxygen atoms in total. The lowest BCUT2D eigenvalue weighted by molar-refractivity contribution is 0.0886. The molecule has 0 spiro atoms. The van der Waals surface area contributed by atoms with Crippen LogP contribution in [0.15, 0.2) is 12.4 Å². The summed E-state index contributed by atoms with van der Waals surface area (Å²) >= 11 is 0. The number of carbonyl (C=O) groups excluding carboxylic acids is 1. The van der Waals surface area contributed by atoms with Crippen molar-refractivity contribution in [3.63, 3.8) is 0 Å². The van der Waals surface area contributed by atoms with Crippen LogP contribution in [0.4, 0.5) is 14.6 Å². The second-order valence-corrected chi connectivity index (χ2v) is 2.43. The van der Waals surface area contributed by atoms with Crippen molar-refractivity contribution in [2.45, 2.75) is 6.43 Å². The van der Waals surface area contributed by atoms with Crippen molar-refractivity contribution < 1.29 is 13.6 Å². The zero-order chi connectivity index (χ0) is 10.6. The van der Waals surface area contributed by atoms with E-state index in [4.69, 9.17) is 5.73 Å². The van der Waals surface area contributed by atoms with E-state index in [-0.39, 0.29) is 11.5 Å². The fourth-order valence-electron chi connectivity index (χ4n) is 0.751. The summed E-state index contributed by atoms with van der Waals surface area (Å²) in [5.41, 5.74) is 5.17. The van der Waals surface area contributed by atoms with Crippen molar-refractivity contribution in [1.29, 1.82) is 0 Å². The quantitative estimate of drug-likeness (QED) is 0.725. The van der Waals surface area contributed by atoms with Gasteiger partial charge in [-0.3, -0.25) is 9.78 Å². The molecule has 0 aliphatic heterocycles. The first-order chi connectivity index (χ1) is 6.59. The summed E-state index contributed by atoms with van der Waals surface area (Å²) in [6.45, 7) is -0.713. The maximum absolute atomic E-state index is 11.7. The standard InChI is InChI=1S/C7H8F2N4O/c8-5(9)2-12-7(14)4-1-11-3-6(10)13-4/h1,3,5H,2H2,(H2,10,13)(H,12,14). The molecular weight excluding hydrogens is 194 g/mol. The highest BCUT2D eigenvalue weighted by Crippen LogP contribution is 1.97. The van der Waals surface area contributed by atoms with E-state index in [0.29, 0.717) is 0 Å². The lowest BCUT2D eigenvalue weighted by Crippen LogP contribution is -2.29. The van der Waals surface area contributed by atoms with E-state index in [1.54, 1.807) is 0 Å². The molecular formula is C7H8F2N4O. The minimum absolute atomic E-state index is 0.0645. The molecule has 3 N–H and O–H groups in total. The van der Waals surface area contributed by atoms with Gasteiger partial charge in [0.2, 0.25) is 0 Å². The second-order valence-electron chi connectivity index (χ2n) is 2.43. The Kier molecular flexibility index (Phi) is 3.27. The molecule has 1 rings (SSSR count). The topological polar surface area (TPSA) is 80.9 Å². The molecule has 0 aromatic carbocycles. The Morgan fingerprint density at radius 3 is 2.86 bits per heavy atom. The number of hydrogen-bond donors (Lipinski definition) is 2. The smallest absolute Gasteiger partial charge is 0.271 e. The van der Waals surface area contributed by atoms with Gasteiger partial charge in [0, 0.05) is 0 Å². The third kappa shape index (κ3) is 2.92. The Morgan fingerprint density at radius 2 is 2.29 bits per heavy atom. The van der Waals surface area contributed by atoms with Crippen molar-refractivity contribution in [2.75, 3.05) is 12.3 Å². The fourth-order valence-corrected chi connectivity index (χ4v) is 0.751. The lowest BCUT2D eigenvalue weighted by atomic mass is 10.4. The van der Waals surface area contributed by atoms with E-state index in [0.717, 1.165) is 6.20 Å². The number of amides is 1.